The minimum Gasteiger partial charge on any atom is -0.394 e. The molecule has 7 nitrogen and oxygen atoms in total. The molecule has 1 fully saturated rings. The highest BCUT2D eigenvalue weighted by Crippen LogP contribution is 2.36. The molecule has 136 valence electrons. The van der Waals surface area contributed by atoms with E-state index in [1.807, 2.05) is 0 Å². The lowest BCUT2D eigenvalue weighted by atomic mass is 10.2. The summed E-state index contributed by atoms with van der Waals surface area (Å²) in [6, 6.07) is 1.10. The van der Waals surface area contributed by atoms with Gasteiger partial charge in [-0.2, -0.15) is 11.8 Å². The molecule has 4 unspecified atom stereocenters. The molecule has 1 saturated heterocycles. The van der Waals surface area contributed by atoms with Gasteiger partial charge in [-0.15, -0.1) is 0 Å². The average Bonchev–Trinajstić information content (AvgIpc) is 2.78. The molecule has 1 aliphatic heterocycles. The van der Waals surface area contributed by atoms with E-state index in [1.54, 1.807) is 18.7 Å². The Morgan fingerprint density at radius 1 is 1.38 bits per heavy atom. The van der Waals surface area contributed by atoms with Gasteiger partial charge in [0.25, 0.3) is 5.56 Å². The van der Waals surface area contributed by atoms with Gasteiger partial charge < -0.3 is 14.9 Å². The average molecular weight is 375 g/mol. The Morgan fingerprint density at radius 3 is 2.62 bits per heavy atom. The number of thioether (sulfide) groups is 1. The predicted octanol–water partition coefficient (Wildman–Crippen LogP) is 0.536. The molecule has 1 aromatic heterocycles. The van der Waals surface area contributed by atoms with Gasteiger partial charge in [0.2, 0.25) is 0 Å². The van der Waals surface area contributed by atoms with Crippen molar-refractivity contribution in [1.82, 2.24) is 9.55 Å². The zero-order chi connectivity index (χ0) is 18.1. The van der Waals surface area contributed by atoms with Gasteiger partial charge in [-0.3, -0.25) is 14.3 Å². The van der Waals surface area contributed by atoms with E-state index in [1.165, 1.54) is 10.8 Å². The van der Waals surface area contributed by atoms with Gasteiger partial charge in [-0.1, -0.05) is 19.6 Å². The Labute approximate surface area is 146 Å². The third-order valence-electron chi connectivity index (χ3n) is 4.07. The second kappa shape index (κ2) is 7.57. The molecule has 2 heterocycles. The summed E-state index contributed by atoms with van der Waals surface area (Å²) in [5.41, 5.74) is -0.719. The molecule has 2 rings (SSSR count). The summed E-state index contributed by atoms with van der Waals surface area (Å²) in [4.78, 5) is 25.7. The summed E-state index contributed by atoms with van der Waals surface area (Å²) < 4.78 is 6.91. The molecule has 0 aromatic carbocycles. The smallest absolute Gasteiger partial charge is 0.330 e. The van der Waals surface area contributed by atoms with Gasteiger partial charge in [0.15, 0.2) is 6.23 Å². The van der Waals surface area contributed by atoms with E-state index in [0.29, 0.717) is 5.56 Å². The fourth-order valence-corrected chi connectivity index (χ4v) is 6.47. The number of hydrogen-bond acceptors (Lipinski definition) is 6. The van der Waals surface area contributed by atoms with Crippen molar-refractivity contribution in [3.63, 3.8) is 0 Å². The Hall–Kier alpha value is -0.873. The van der Waals surface area contributed by atoms with Crippen LogP contribution in [0.4, 0.5) is 0 Å². The summed E-state index contributed by atoms with van der Waals surface area (Å²) in [5.74, 6) is 0.879. The van der Waals surface area contributed by atoms with Crippen molar-refractivity contribution < 1.29 is 14.9 Å². The largest absolute Gasteiger partial charge is 0.394 e. The molecular formula is C15H26N2O5SSi. The van der Waals surface area contributed by atoms with Crippen LogP contribution >= 0.6 is 11.8 Å². The third kappa shape index (κ3) is 4.40. The van der Waals surface area contributed by atoms with Crippen molar-refractivity contribution in [2.45, 2.75) is 56.3 Å². The van der Waals surface area contributed by atoms with E-state index in [2.05, 4.69) is 24.6 Å². The van der Waals surface area contributed by atoms with Crippen LogP contribution in [0.3, 0.4) is 0 Å². The number of aromatic amines is 1. The van der Waals surface area contributed by atoms with Crippen molar-refractivity contribution >= 4 is 19.8 Å². The molecule has 0 amide bonds. The topological polar surface area (TPSA) is 105 Å². The lowest BCUT2D eigenvalue weighted by Gasteiger charge is -2.21. The van der Waals surface area contributed by atoms with Crippen molar-refractivity contribution in [3.8, 4) is 0 Å². The Balaban J connectivity index is 2.18. The quantitative estimate of drug-likeness (QED) is 0.628. The molecule has 3 N–H and O–H groups in total. The van der Waals surface area contributed by atoms with Gasteiger partial charge >= 0.3 is 5.69 Å². The second-order valence-corrected chi connectivity index (χ2v) is 14.3. The fourth-order valence-electron chi connectivity index (χ4n) is 2.58. The van der Waals surface area contributed by atoms with Gasteiger partial charge in [-0.25, -0.2) is 4.79 Å². The van der Waals surface area contributed by atoms with Crippen LogP contribution in [0.5, 0.6) is 0 Å². The summed E-state index contributed by atoms with van der Waals surface area (Å²) >= 11 is 1.58. The maximum absolute atomic E-state index is 12.0. The van der Waals surface area contributed by atoms with Crippen LogP contribution in [0.25, 0.3) is 0 Å². The first kappa shape index (κ1) is 19.5. The minimum atomic E-state index is -1.19. The van der Waals surface area contributed by atoms with Gasteiger partial charge in [-0.05, 0) is 18.7 Å². The highest BCUT2D eigenvalue weighted by Gasteiger charge is 2.45. The number of aliphatic hydroxyl groups excluding tert-OH is 2. The van der Waals surface area contributed by atoms with E-state index < -0.39 is 37.8 Å². The monoisotopic (exact) mass is 374 g/mol. The molecule has 9 heteroatoms. The number of ether oxygens (including phenoxy) is 1. The predicted molar refractivity (Wildman–Crippen MR) is 97.5 cm³/mol. The molecule has 0 radical (unpaired) electrons. The summed E-state index contributed by atoms with van der Waals surface area (Å²) in [7, 11) is -1.19. The number of hydrogen-bond donors (Lipinski definition) is 3. The maximum Gasteiger partial charge on any atom is 0.330 e. The SMILES string of the molecule is Cc1cn(C2OC(CO)C(SCC[Si](C)(C)C)C2O)c(=O)[nH]c1=O. The van der Waals surface area contributed by atoms with Crippen LogP contribution in [-0.2, 0) is 4.74 Å². The number of nitrogens with one attached hydrogen (secondary N) is 1. The number of nitrogens with zero attached hydrogens (tertiary/aromatic N) is 1. The number of aliphatic hydroxyl groups is 2. The molecular weight excluding hydrogens is 348 g/mol. The van der Waals surface area contributed by atoms with Crippen LogP contribution in [0.2, 0.25) is 25.7 Å². The number of rotatable bonds is 6. The molecule has 0 spiro atoms. The third-order valence-corrected chi connectivity index (χ3v) is 7.59. The summed E-state index contributed by atoms with van der Waals surface area (Å²) in [6.45, 7) is 8.20. The first-order valence-electron chi connectivity index (χ1n) is 8.02. The van der Waals surface area contributed by atoms with Crippen LogP contribution in [0.1, 0.15) is 11.8 Å². The van der Waals surface area contributed by atoms with Crippen molar-refractivity contribution in [3.05, 3.63) is 32.6 Å². The highest BCUT2D eigenvalue weighted by molar-refractivity contribution is 8.00. The van der Waals surface area contributed by atoms with Crippen LogP contribution in [0, 0.1) is 6.92 Å². The second-order valence-electron chi connectivity index (χ2n) is 7.36. The van der Waals surface area contributed by atoms with Gasteiger partial charge in [0.05, 0.1) is 18.0 Å². The van der Waals surface area contributed by atoms with Gasteiger partial charge in [0.1, 0.15) is 6.10 Å². The van der Waals surface area contributed by atoms with Gasteiger partial charge in [0, 0.05) is 19.8 Å². The molecule has 0 saturated carbocycles. The lowest BCUT2D eigenvalue weighted by molar-refractivity contribution is -0.0531. The first-order valence-corrected chi connectivity index (χ1v) is 12.8. The molecule has 0 aliphatic carbocycles. The minimum absolute atomic E-state index is 0.227. The van der Waals surface area contributed by atoms with Crippen molar-refractivity contribution in [2.24, 2.45) is 0 Å². The molecule has 0 bridgehead atoms. The Morgan fingerprint density at radius 2 is 2.04 bits per heavy atom. The summed E-state index contributed by atoms with van der Waals surface area (Å²) in [5, 5.41) is 19.9. The first-order chi connectivity index (χ1) is 11.1. The maximum atomic E-state index is 12.0. The normalized spacial score (nSPS) is 27.6. The number of aromatic nitrogens is 2. The van der Waals surface area contributed by atoms with E-state index >= 15 is 0 Å². The fraction of sp³-hybridized carbons (Fsp3) is 0.733. The number of H-pyrrole nitrogens is 1. The van der Waals surface area contributed by atoms with Crippen LogP contribution in [-0.4, -0.2) is 57.7 Å². The van der Waals surface area contributed by atoms with Crippen LogP contribution in [0.15, 0.2) is 15.8 Å². The zero-order valence-corrected chi connectivity index (χ0v) is 16.3. The standard InChI is InChI=1S/C15H26N2O5SSi/c1-9-7-17(15(21)16-13(9)20)14-11(19)12(10(8-18)22-14)23-5-6-24(2,3)4/h7,10-12,14,18-19H,5-6,8H2,1-4H3,(H,16,20,21). The zero-order valence-electron chi connectivity index (χ0n) is 14.5. The number of aryl methyl sites for hydroxylation is 1. The van der Waals surface area contributed by atoms with Crippen molar-refractivity contribution in [2.75, 3.05) is 12.4 Å². The Bertz CT molecular complexity index is 684. The van der Waals surface area contributed by atoms with Crippen molar-refractivity contribution in [1.29, 1.82) is 0 Å². The highest BCUT2D eigenvalue weighted by atomic mass is 32.2. The lowest BCUT2D eigenvalue weighted by Crippen LogP contribution is -2.38. The van der Waals surface area contributed by atoms with Crippen LogP contribution < -0.4 is 11.2 Å². The van der Waals surface area contributed by atoms with E-state index in [4.69, 9.17) is 4.74 Å². The molecule has 1 aliphatic rings. The molecule has 4 atom stereocenters. The molecule has 1 aromatic rings. The van der Waals surface area contributed by atoms with E-state index in [-0.39, 0.29) is 11.9 Å². The van der Waals surface area contributed by atoms with E-state index in [9.17, 15) is 19.8 Å². The summed E-state index contributed by atoms with van der Waals surface area (Å²) in [6.07, 6.45) is -0.999. The molecule has 24 heavy (non-hydrogen) atoms. The van der Waals surface area contributed by atoms with E-state index in [0.717, 1.165) is 11.8 Å². The Kier molecular flexibility index (Phi) is 6.13.